The van der Waals surface area contributed by atoms with E-state index in [1.54, 1.807) is 13.0 Å². The van der Waals surface area contributed by atoms with E-state index < -0.39 is 21.0 Å². The van der Waals surface area contributed by atoms with Crippen LogP contribution < -0.4 is 11.1 Å². The van der Waals surface area contributed by atoms with Crippen LogP contribution in [0.3, 0.4) is 0 Å². The second-order valence-corrected chi connectivity index (χ2v) is 6.08. The summed E-state index contributed by atoms with van der Waals surface area (Å²) in [5, 5.41) is 1.16. The molecule has 0 aliphatic carbocycles. The minimum atomic E-state index is -3.74. The van der Waals surface area contributed by atoms with Crippen LogP contribution in [-0.2, 0) is 14.6 Å². The first-order valence-electron chi connectivity index (χ1n) is 5.12. The predicted octanol–water partition coefficient (Wildman–Crippen LogP) is 0.485. The van der Waals surface area contributed by atoms with E-state index in [0.717, 1.165) is 5.56 Å². The molecule has 1 rings (SSSR count). The van der Waals surface area contributed by atoms with Gasteiger partial charge in [0, 0.05) is 7.05 Å². The van der Waals surface area contributed by atoms with E-state index in [-0.39, 0.29) is 10.6 Å². The summed E-state index contributed by atoms with van der Waals surface area (Å²) >= 11 is 0. The predicted molar refractivity (Wildman–Crippen MR) is 66.3 cm³/mol. The van der Waals surface area contributed by atoms with Gasteiger partial charge in [-0.1, -0.05) is 6.07 Å². The summed E-state index contributed by atoms with van der Waals surface area (Å²) in [6.07, 6.45) is 0. The molecular formula is C11H16N2O3S. The van der Waals surface area contributed by atoms with Gasteiger partial charge in [-0.05, 0) is 31.5 Å². The lowest BCUT2D eigenvalue weighted by molar-refractivity contribution is -0.119. The fourth-order valence-corrected chi connectivity index (χ4v) is 2.95. The highest BCUT2D eigenvalue weighted by molar-refractivity contribution is 7.93. The number of sulfone groups is 1. The smallest absolute Gasteiger partial charge is 0.238 e. The Balaban J connectivity index is 3.31. The maximum atomic E-state index is 12.2. The van der Waals surface area contributed by atoms with Crippen molar-refractivity contribution in [2.24, 2.45) is 0 Å². The van der Waals surface area contributed by atoms with Crippen molar-refractivity contribution in [2.75, 3.05) is 12.8 Å². The SMILES string of the molecule is CNC(=O)C(C)S(=O)(=O)c1cc(C)ccc1N. The number of nitrogens with two attached hydrogens (primary N) is 1. The zero-order valence-electron chi connectivity index (χ0n) is 10.0. The van der Waals surface area contributed by atoms with Gasteiger partial charge in [0.1, 0.15) is 5.25 Å². The Labute approximate surface area is 101 Å². The fraction of sp³-hybridized carbons (Fsp3) is 0.364. The quantitative estimate of drug-likeness (QED) is 0.770. The van der Waals surface area contributed by atoms with Crippen molar-refractivity contribution < 1.29 is 13.2 Å². The lowest BCUT2D eigenvalue weighted by atomic mass is 10.2. The second-order valence-electron chi connectivity index (χ2n) is 3.84. The van der Waals surface area contributed by atoms with E-state index in [4.69, 9.17) is 5.73 Å². The van der Waals surface area contributed by atoms with Crippen LogP contribution in [0.25, 0.3) is 0 Å². The Morgan fingerprint density at radius 1 is 1.41 bits per heavy atom. The van der Waals surface area contributed by atoms with Gasteiger partial charge in [0.2, 0.25) is 5.91 Å². The Hall–Kier alpha value is -1.56. The van der Waals surface area contributed by atoms with Gasteiger partial charge in [-0.3, -0.25) is 4.79 Å². The normalized spacial score (nSPS) is 13.1. The molecule has 0 fully saturated rings. The van der Waals surface area contributed by atoms with Crippen molar-refractivity contribution in [3.63, 3.8) is 0 Å². The molecule has 1 unspecified atom stereocenters. The third kappa shape index (κ3) is 2.58. The van der Waals surface area contributed by atoms with Crippen molar-refractivity contribution in [2.45, 2.75) is 24.0 Å². The largest absolute Gasteiger partial charge is 0.398 e. The number of carbonyl (C=O) groups is 1. The number of rotatable bonds is 3. The van der Waals surface area contributed by atoms with Crippen LogP contribution in [0.15, 0.2) is 23.1 Å². The maximum absolute atomic E-state index is 12.2. The van der Waals surface area contributed by atoms with Crippen LogP contribution in [0, 0.1) is 6.92 Å². The molecule has 0 aliphatic rings. The molecular weight excluding hydrogens is 240 g/mol. The van der Waals surface area contributed by atoms with Crippen LogP contribution >= 0.6 is 0 Å². The van der Waals surface area contributed by atoms with Gasteiger partial charge in [-0.2, -0.15) is 0 Å². The molecule has 0 saturated carbocycles. The van der Waals surface area contributed by atoms with Gasteiger partial charge < -0.3 is 11.1 Å². The van der Waals surface area contributed by atoms with E-state index in [2.05, 4.69) is 5.32 Å². The number of amides is 1. The molecule has 0 radical (unpaired) electrons. The molecule has 5 nitrogen and oxygen atoms in total. The zero-order valence-corrected chi connectivity index (χ0v) is 10.8. The number of hydrogen-bond donors (Lipinski definition) is 2. The summed E-state index contributed by atoms with van der Waals surface area (Å²) in [5.74, 6) is -0.550. The maximum Gasteiger partial charge on any atom is 0.238 e. The summed E-state index contributed by atoms with van der Waals surface area (Å²) in [4.78, 5) is 11.4. The molecule has 1 amide bonds. The number of hydrogen-bond acceptors (Lipinski definition) is 4. The van der Waals surface area contributed by atoms with Crippen LogP contribution in [0.4, 0.5) is 5.69 Å². The van der Waals surface area contributed by atoms with Gasteiger partial charge in [-0.15, -0.1) is 0 Å². The highest BCUT2D eigenvalue weighted by Crippen LogP contribution is 2.23. The van der Waals surface area contributed by atoms with E-state index >= 15 is 0 Å². The number of nitrogen functional groups attached to an aromatic ring is 1. The summed E-state index contributed by atoms with van der Waals surface area (Å²) in [6.45, 7) is 3.11. The molecule has 1 aromatic rings. The zero-order chi connectivity index (χ0) is 13.2. The summed E-state index contributed by atoms with van der Waals surface area (Å²) < 4.78 is 24.3. The Morgan fingerprint density at radius 2 is 2.00 bits per heavy atom. The average molecular weight is 256 g/mol. The van der Waals surface area contributed by atoms with Gasteiger partial charge in [0.15, 0.2) is 9.84 Å². The first kappa shape index (κ1) is 13.5. The molecule has 0 spiro atoms. The number of nitrogens with one attached hydrogen (secondary N) is 1. The monoisotopic (exact) mass is 256 g/mol. The number of benzene rings is 1. The van der Waals surface area contributed by atoms with Gasteiger partial charge in [0.25, 0.3) is 0 Å². The number of anilines is 1. The van der Waals surface area contributed by atoms with Crippen molar-refractivity contribution in [1.82, 2.24) is 5.32 Å². The van der Waals surface area contributed by atoms with Crippen molar-refractivity contribution in [3.8, 4) is 0 Å². The molecule has 1 aromatic carbocycles. The lowest BCUT2D eigenvalue weighted by Gasteiger charge is -2.13. The Kier molecular flexibility index (Phi) is 3.77. The average Bonchev–Trinajstić information content (AvgIpc) is 2.30. The van der Waals surface area contributed by atoms with E-state index in [0.29, 0.717) is 0 Å². The highest BCUT2D eigenvalue weighted by atomic mass is 32.2. The molecule has 17 heavy (non-hydrogen) atoms. The van der Waals surface area contributed by atoms with Gasteiger partial charge in [0.05, 0.1) is 10.6 Å². The Bertz CT molecular complexity index is 538. The van der Waals surface area contributed by atoms with Crippen molar-refractivity contribution in [1.29, 1.82) is 0 Å². The molecule has 94 valence electrons. The fourth-order valence-electron chi connectivity index (χ4n) is 1.42. The number of carbonyl (C=O) groups excluding carboxylic acids is 1. The van der Waals surface area contributed by atoms with Crippen LogP contribution in [0.5, 0.6) is 0 Å². The minimum Gasteiger partial charge on any atom is -0.398 e. The highest BCUT2D eigenvalue weighted by Gasteiger charge is 2.30. The van der Waals surface area contributed by atoms with Crippen LogP contribution in [0.1, 0.15) is 12.5 Å². The van der Waals surface area contributed by atoms with E-state index in [1.807, 2.05) is 0 Å². The Morgan fingerprint density at radius 3 is 2.53 bits per heavy atom. The van der Waals surface area contributed by atoms with E-state index in [9.17, 15) is 13.2 Å². The third-order valence-corrected chi connectivity index (χ3v) is 4.67. The molecule has 6 heteroatoms. The first-order valence-corrected chi connectivity index (χ1v) is 6.67. The molecule has 0 aliphatic heterocycles. The third-order valence-electron chi connectivity index (χ3n) is 2.56. The molecule has 0 saturated heterocycles. The lowest BCUT2D eigenvalue weighted by Crippen LogP contribution is -2.36. The standard InChI is InChI=1S/C11H16N2O3S/c1-7-4-5-9(12)10(6-7)17(15,16)8(2)11(14)13-3/h4-6,8H,12H2,1-3H3,(H,13,14). The molecule has 0 bridgehead atoms. The molecule has 0 heterocycles. The molecule has 3 N–H and O–H groups in total. The van der Waals surface area contributed by atoms with Crippen LogP contribution in [-0.4, -0.2) is 26.6 Å². The second kappa shape index (κ2) is 4.75. The van der Waals surface area contributed by atoms with Crippen LogP contribution in [0.2, 0.25) is 0 Å². The summed E-state index contributed by atoms with van der Waals surface area (Å²) in [5.41, 5.74) is 6.58. The van der Waals surface area contributed by atoms with Gasteiger partial charge in [-0.25, -0.2) is 8.42 Å². The molecule has 1 atom stereocenters. The summed E-state index contributed by atoms with van der Waals surface area (Å²) in [7, 11) is -2.34. The van der Waals surface area contributed by atoms with Crippen molar-refractivity contribution >= 4 is 21.4 Å². The van der Waals surface area contributed by atoms with Gasteiger partial charge >= 0.3 is 0 Å². The molecule has 0 aromatic heterocycles. The topological polar surface area (TPSA) is 89.3 Å². The minimum absolute atomic E-state index is 0.00796. The van der Waals surface area contributed by atoms with Crippen molar-refractivity contribution in [3.05, 3.63) is 23.8 Å². The summed E-state index contributed by atoms with van der Waals surface area (Å²) in [6, 6.07) is 4.72. The first-order chi connectivity index (χ1) is 7.80. The number of aryl methyl sites for hydroxylation is 1. The van der Waals surface area contributed by atoms with E-state index in [1.165, 1.54) is 26.1 Å².